The second-order valence-corrected chi connectivity index (χ2v) is 5.10. The fourth-order valence-corrected chi connectivity index (χ4v) is 2.16. The van der Waals surface area contributed by atoms with E-state index in [0.717, 1.165) is 11.3 Å². The van der Waals surface area contributed by atoms with Gasteiger partial charge in [0.2, 0.25) is 10.0 Å². The van der Waals surface area contributed by atoms with Crippen LogP contribution in [0.3, 0.4) is 0 Å². The average Bonchev–Trinajstić information content (AvgIpc) is 2.36. The first-order valence-electron chi connectivity index (χ1n) is 3.87. The minimum Gasteiger partial charge on any atom is -0.273 e. The van der Waals surface area contributed by atoms with Crippen molar-refractivity contribution >= 4 is 26.4 Å². The molecule has 0 spiro atoms. The number of aromatic nitrogens is 1. The molecule has 13 heavy (non-hydrogen) atoms. The van der Waals surface area contributed by atoms with Gasteiger partial charge in [-0.3, -0.25) is 4.72 Å². The molecule has 0 aliphatic rings. The van der Waals surface area contributed by atoms with E-state index < -0.39 is 10.0 Å². The Morgan fingerprint density at radius 2 is 2.00 bits per heavy atom. The number of thiazole rings is 1. The van der Waals surface area contributed by atoms with Crippen LogP contribution >= 0.6 is 11.3 Å². The molecule has 0 aromatic carbocycles. The van der Waals surface area contributed by atoms with Gasteiger partial charge in [-0.05, 0) is 6.92 Å². The van der Waals surface area contributed by atoms with Crippen LogP contribution in [-0.2, 0) is 10.0 Å². The van der Waals surface area contributed by atoms with Gasteiger partial charge in [-0.25, -0.2) is 13.4 Å². The van der Waals surface area contributed by atoms with E-state index in [-0.39, 0.29) is 0 Å². The Morgan fingerprint density at radius 1 is 1.46 bits per heavy atom. The molecular formula is C7H14N2O2S2. The van der Waals surface area contributed by atoms with Crippen LogP contribution in [-0.4, -0.2) is 19.7 Å². The van der Waals surface area contributed by atoms with E-state index in [0.29, 0.717) is 5.00 Å². The first-order chi connectivity index (χ1) is 5.97. The first kappa shape index (κ1) is 12.4. The lowest BCUT2D eigenvalue weighted by Gasteiger charge is -1.95. The molecule has 0 aliphatic heterocycles. The molecule has 0 fully saturated rings. The summed E-state index contributed by atoms with van der Waals surface area (Å²) in [6.07, 6.45) is 2.61. The Morgan fingerprint density at radius 3 is 2.31 bits per heavy atom. The standard InChI is InChI=1S/C5H8N2O2S2.C2H6/c1-4-6-3-5(10-4)7-11(2,8)9;1-2/h3,7H,1-2H3;1-2H3. The summed E-state index contributed by atoms with van der Waals surface area (Å²) in [7, 11) is -3.14. The molecule has 1 rings (SSSR count). The maximum absolute atomic E-state index is 10.7. The van der Waals surface area contributed by atoms with Crippen LogP contribution in [0.4, 0.5) is 5.00 Å². The van der Waals surface area contributed by atoms with Crippen LogP contribution in [0.1, 0.15) is 18.9 Å². The fourth-order valence-electron chi connectivity index (χ4n) is 0.591. The van der Waals surface area contributed by atoms with Gasteiger partial charge in [-0.2, -0.15) is 0 Å². The summed E-state index contributed by atoms with van der Waals surface area (Å²) in [4.78, 5) is 3.89. The third-order valence-electron chi connectivity index (χ3n) is 0.907. The minimum atomic E-state index is -3.14. The number of sulfonamides is 1. The molecule has 0 aliphatic carbocycles. The summed E-state index contributed by atoms with van der Waals surface area (Å²) >= 11 is 1.31. The molecule has 0 bridgehead atoms. The zero-order valence-corrected chi connectivity index (χ0v) is 9.79. The molecule has 76 valence electrons. The summed E-state index contributed by atoms with van der Waals surface area (Å²) in [6, 6.07) is 0. The zero-order valence-electron chi connectivity index (χ0n) is 8.16. The Hall–Kier alpha value is -0.620. The Bertz CT molecular complexity index is 343. The molecule has 1 aromatic heterocycles. The largest absolute Gasteiger partial charge is 0.273 e. The number of rotatable bonds is 2. The zero-order chi connectivity index (χ0) is 10.5. The van der Waals surface area contributed by atoms with Crippen LogP contribution in [0, 0.1) is 6.92 Å². The van der Waals surface area contributed by atoms with Crippen LogP contribution < -0.4 is 4.72 Å². The Kier molecular flexibility index (Phi) is 4.94. The summed E-state index contributed by atoms with van der Waals surface area (Å²) in [6.45, 7) is 5.82. The summed E-state index contributed by atoms with van der Waals surface area (Å²) < 4.78 is 23.7. The highest BCUT2D eigenvalue weighted by atomic mass is 32.2. The minimum absolute atomic E-state index is 0.560. The van der Waals surface area contributed by atoms with Gasteiger partial charge in [0, 0.05) is 0 Å². The highest BCUT2D eigenvalue weighted by Crippen LogP contribution is 2.17. The molecule has 1 heterocycles. The molecule has 0 radical (unpaired) electrons. The van der Waals surface area contributed by atoms with E-state index >= 15 is 0 Å². The average molecular weight is 222 g/mol. The second-order valence-electron chi connectivity index (χ2n) is 2.12. The number of hydrogen-bond acceptors (Lipinski definition) is 4. The fraction of sp³-hybridized carbons (Fsp3) is 0.571. The molecule has 6 heteroatoms. The maximum atomic E-state index is 10.7. The van der Waals surface area contributed by atoms with Gasteiger partial charge in [0.15, 0.2) is 0 Å². The van der Waals surface area contributed by atoms with Crippen LogP contribution in [0.25, 0.3) is 0 Å². The van der Waals surface area contributed by atoms with Gasteiger partial charge < -0.3 is 0 Å². The predicted octanol–water partition coefficient (Wildman–Crippen LogP) is 1.85. The molecule has 0 saturated carbocycles. The lowest BCUT2D eigenvalue weighted by atomic mass is 10.8. The van der Waals surface area contributed by atoms with Gasteiger partial charge in [0.05, 0.1) is 17.5 Å². The van der Waals surface area contributed by atoms with Crippen molar-refractivity contribution in [3.63, 3.8) is 0 Å². The number of hydrogen-bond donors (Lipinski definition) is 1. The van der Waals surface area contributed by atoms with E-state index in [1.807, 2.05) is 20.8 Å². The van der Waals surface area contributed by atoms with Crippen LogP contribution in [0.15, 0.2) is 6.20 Å². The molecule has 1 aromatic rings. The third kappa shape index (κ3) is 5.59. The number of nitrogens with one attached hydrogen (secondary N) is 1. The molecule has 1 N–H and O–H groups in total. The molecule has 0 amide bonds. The van der Waals surface area contributed by atoms with Gasteiger partial charge in [0.25, 0.3) is 0 Å². The lowest BCUT2D eigenvalue weighted by Crippen LogP contribution is -2.07. The van der Waals surface area contributed by atoms with Crippen molar-refractivity contribution in [3.05, 3.63) is 11.2 Å². The summed E-state index contributed by atoms with van der Waals surface area (Å²) in [5, 5.41) is 1.40. The monoisotopic (exact) mass is 222 g/mol. The summed E-state index contributed by atoms with van der Waals surface area (Å²) in [5.74, 6) is 0. The van der Waals surface area contributed by atoms with Crippen molar-refractivity contribution in [2.45, 2.75) is 20.8 Å². The van der Waals surface area contributed by atoms with E-state index in [1.165, 1.54) is 17.5 Å². The van der Waals surface area contributed by atoms with E-state index in [2.05, 4.69) is 9.71 Å². The topological polar surface area (TPSA) is 59.1 Å². The Labute approximate surface area is 83.1 Å². The first-order valence-corrected chi connectivity index (χ1v) is 6.58. The molecule has 0 unspecified atom stereocenters. The van der Waals surface area contributed by atoms with Crippen molar-refractivity contribution in [2.75, 3.05) is 11.0 Å². The van der Waals surface area contributed by atoms with Gasteiger partial charge in [0.1, 0.15) is 5.00 Å². The number of nitrogens with zero attached hydrogens (tertiary/aromatic N) is 1. The van der Waals surface area contributed by atoms with Gasteiger partial charge in [-0.1, -0.05) is 13.8 Å². The predicted molar refractivity (Wildman–Crippen MR) is 56.7 cm³/mol. The second kappa shape index (κ2) is 5.18. The highest BCUT2D eigenvalue weighted by Gasteiger charge is 2.03. The summed E-state index contributed by atoms with van der Waals surface area (Å²) in [5.41, 5.74) is 0. The third-order valence-corrected chi connectivity index (χ3v) is 2.46. The van der Waals surface area contributed by atoms with Gasteiger partial charge >= 0.3 is 0 Å². The van der Waals surface area contributed by atoms with Crippen molar-refractivity contribution in [1.82, 2.24) is 4.98 Å². The number of anilines is 1. The van der Waals surface area contributed by atoms with Gasteiger partial charge in [-0.15, -0.1) is 11.3 Å². The number of aryl methyl sites for hydroxylation is 1. The highest BCUT2D eigenvalue weighted by molar-refractivity contribution is 7.92. The van der Waals surface area contributed by atoms with Crippen molar-refractivity contribution < 1.29 is 8.42 Å². The maximum Gasteiger partial charge on any atom is 0.230 e. The lowest BCUT2D eigenvalue weighted by molar-refractivity contribution is 0.607. The van der Waals surface area contributed by atoms with E-state index in [4.69, 9.17) is 0 Å². The van der Waals surface area contributed by atoms with Crippen molar-refractivity contribution in [2.24, 2.45) is 0 Å². The Balaban J connectivity index is 0.000000671. The smallest absolute Gasteiger partial charge is 0.230 e. The van der Waals surface area contributed by atoms with Crippen LogP contribution in [0.2, 0.25) is 0 Å². The van der Waals surface area contributed by atoms with E-state index in [9.17, 15) is 8.42 Å². The molecular weight excluding hydrogens is 208 g/mol. The molecule has 4 nitrogen and oxygen atoms in total. The SMILES string of the molecule is CC.Cc1ncc(NS(C)(=O)=O)s1. The van der Waals surface area contributed by atoms with Crippen molar-refractivity contribution in [1.29, 1.82) is 0 Å². The van der Waals surface area contributed by atoms with E-state index in [1.54, 1.807) is 0 Å². The molecule has 0 atom stereocenters. The van der Waals surface area contributed by atoms with Crippen molar-refractivity contribution in [3.8, 4) is 0 Å². The van der Waals surface area contributed by atoms with Crippen LogP contribution in [0.5, 0.6) is 0 Å². The quantitative estimate of drug-likeness (QED) is 0.830. The molecule has 0 saturated heterocycles. The normalized spacial score (nSPS) is 10.2.